The molecule has 1 fully saturated rings. The lowest BCUT2D eigenvalue weighted by Gasteiger charge is -2.32. The molecule has 1 aliphatic heterocycles. The third kappa shape index (κ3) is 5.02. The highest BCUT2D eigenvalue weighted by atomic mass is 32.1. The van der Waals surface area contributed by atoms with Crippen LogP contribution in [0, 0.1) is 5.82 Å². The molecule has 3 heterocycles. The second kappa shape index (κ2) is 9.64. The predicted molar refractivity (Wildman–Crippen MR) is 131 cm³/mol. The zero-order chi connectivity index (χ0) is 22.6. The van der Waals surface area contributed by atoms with Gasteiger partial charge in [-0.1, -0.05) is 30.3 Å². The Hall–Kier alpha value is -3.36. The van der Waals surface area contributed by atoms with E-state index in [1.165, 1.54) is 12.1 Å². The minimum Gasteiger partial charge on any atom is -0.367 e. The van der Waals surface area contributed by atoms with Crippen molar-refractivity contribution in [2.75, 3.05) is 30.3 Å². The summed E-state index contributed by atoms with van der Waals surface area (Å²) in [5.74, 6) is 0.560. The smallest absolute Gasteiger partial charge is 0.238 e. The highest BCUT2D eigenvalue weighted by Crippen LogP contribution is 2.37. The van der Waals surface area contributed by atoms with Gasteiger partial charge in [-0.05, 0) is 42.7 Å². The summed E-state index contributed by atoms with van der Waals surface area (Å²) in [4.78, 5) is 24.4. The number of fused-ring (bicyclic) bond motifs is 1. The Kier molecular flexibility index (Phi) is 6.28. The Balaban J connectivity index is 1.23. The number of benzene rings is 2. The van der Waals surface area contributed by atoms with Gasteiger partial charge in [0.15, 0.2) is 0 Å². The minimum absolute atomic E-state index is 0.00679. The second-order valence-corrected chi connectivity index (χ2v) is 9.03. The molecular weight excluding hydrogens is 437 g/mol. The molecular formula is C25H24FN5OS. The lowest BCUT2D eigenvalue weighted by molar-refractivity contribution is -0.117. The maximum absolute atomic E-state index is 13.4. The number of amides is 1. The lowest BCUT2D eigenvalue weighted by atomic mass is 10.0. The molecule has 0 aliphatic carbocycles. The highest BCUT2D eigenvalue weighted by Gasteiger charge is 2.23. The van der Waals surface area contributed by atoms with E-state index in [9.17, 15) is 9.18 Å². The summed E-state index contributed by atoms with van der Waals surface area (Å²) in [7, 11) is 0. The number of carbonyl (C=O) groups excluding carboxylic acids is 1. The van der Waals surface area contributed by atoms with Crippen molar-refractivity contribution >= 4 is 39.0 Å². The van der Waals surface area contributed by atoms with Gasteiger partial charge in [-0.2, -0.15) is 0 Å². The number of nitrogens with one attached hydrogen (secondary N) is 2. The molecule has 168 valence electrons. The first-order valence-corrected chi connectivity index (χ1v) is 11.9. The Morgan fingerprint density at radius 1 is 1.06 bits per heavy atom. The van der Waals surface area contributed by atoms with Crippen LogP contribution in [0.25, 0.3) is 21.3 Å². The van der Waals surface area contributed by atoms with E-state index < -0.39 is 0 Å². The standard InChI is InChI=1S/C25H24FN5OS/c26-18-8-6-17(7-9-18)21-15-33-25-23(21)24(27-16-28-25)30-20-10-12-31(13-11-20)14-22(32)29-19-4-2-1-3-5-19/h1-9,15-16,20H,10-14H2,(H,29,32)(H,27,28,30). The van der Waals surface area contributed by atoms with Crippen LogP contribution in [0.15, 0.2) is 66.3 Å². The Morgan fingerprint density at radius 3 is 2.58 bits per heavy atom. The summed E-state index contributed by atoms with van der Waals surface area (Å²) in [6, 6.07) is 16.3. The Morgan fingerprint density at radius 2 is 1.82 bits per heavy atom. The Labute approximate surface area is 195 Å². The number of thiophene rings is 1. The molecule has 1 aliphatic rings. The fourth-order valence-electron chi connectivity index (χ4n) is 4.18. The van der Waals surface area contributed by atoms with Crippen molar-refractivity contribution in [3.05, 3.63) is 72.1 Å². The van der Waals surface area contributed by atoms with Crippen LogP contribution < -0.4 is 10.6 Å². The largest absolute Gasteiger partial charge is 0.367 e. The third-order valence-electron chi connectivity index (χ3n) is 5.88. The van der Waals surface area contributed by atoms with Crippen LogP contribution in [0.2, 0.25) is 0 Å². The summed E-state index contributed by atoms with van der Waals surface area (Å²) >= 11 is 1.56. The number of rotatable bonds is 6. The molecule has 2 N–H and O–H groups in total. The molecule has 0 atom stereocenters. The van der Waals surface area contributed by atoms with E-state index in [1.807, 2.05) is 35.7 Å². The van der Waals surface area contributed by atoms with Crippen molar-refractivity contribution in [3.63, 3.8) is 0 Å². The van der Waals surface area contributed by atoms with Crippen LogP contribution in [0.3, 0.4) is 0 Å². The summed E-state index contributed by atoms with van der Waals surface area (Å²) < 4.78 is 13.4. The van der Waals surface area contributed by atoms with E-state index in [1.54, 1.807) is 29.8 Å². The maximum Gasteiger partial charge on any atom is 0.238 e. The van der Waals surface area contributed by atoms with E-state index in [-0.39, 0.29) is 17.8 Å². The van der Waals surface area contributed by atoms with E-state index >= 15 is 0 Å². The van der Waals surface area contributed by atoms with Gasteiger partial charge >= 0.3 is 0 Å². The van der Waals surface area contributed by atoms with Gasteiger partial charge in [0, 0.05) is 35.8 Å². The SMILES string of the molecule is O=C(CN1CCC(Nc2ncnc3scc(-c4ccc(F)cc4)c23)CC1)Nc1ccccc1. The molecule has 0 radical (unpaired) electrons. The molecule has 8 heteroatoms. The van der Waals surface area contributed by atoms with Crippen molar-refractivity contribution in [2.24, 2.45) is 0 Å². The number of anilines is 2. The third-order valence-corrected chi connectivity index (χ3v) is 6.76. The van der Waals surface area contributed by atoms with Gasteiger partial charge in [0.25, 0.3) is 0 Å². The number of para-hydroxylation sites is 1. The monoisotopic (exact) mass is 461 g/mol. The second-order valence-electron chi connectivity index (χ2n) is 8.17. The maximum atomic E-state index is 13.4. The number of carbonyl (C=O) groups is 1. The minimum atomic E-state index is -0.253. The lowest BCUT2D eigenvalue weighted by Crippen LogP contribution is -2.42. The zero-order valence-corrected chi connectivity index (χ0v) is 18.8. The fraction of sp³-hybridized carbons (Fsp3) is 0.240. The molecule has 4 aromatic rings. The number of halogens is 1. The average Bonchev–Trinajstić information content (AvgIpc) is 3.27. The number of nitrogens with zero attached hydrogens (tertiary/aromatic N) is 3. The Bertz CT molecular complexity index is 1240. The van der Waals surface area contributed by atoms with Crippen molar-refractivity contribution < 1.29 is 9.18 Å². The zero-order valence-electron chi connectivity index (χ0n) is 18.0. The van der Waals surface area contributed by atoms with Crippen LogP contribution in [0.1, 0.15) is 12.8 Å². The van der Waals surface area contributed by atoms with Crippen LogP contribution in [-0.4, -0.2) is 46.5 Å². The molecule has 0 bridgehead atoms. The summed E-state index contributed by atoms with van der Waals surface area (Å²) in [5, 5.41) is 9.57. The van der Waals surface area contributed by atoms with Gasteiger partial charge < -0.3 is 10.6 Å². The predicted octanol–water partition coefficient (Wildman–Crippen LogP) is 5.01. The van der Waals surface area contributed by atoms with Crippen molar-refractivity contribution in [1.82, 2.24) is 14.9 Å². The molecule has 2 aromatic heterocycles. The number of hydrogen-bond acceptors (Lipinski definition) is 6. The molecule has 2 aromatic carbocycles. The van der Waals surface area contributed by atoms with Gasteiger partial charge in [-0.25, -0.2) is 14.4 Å². The average molecular weight is 462 g/mol. The van der Waals surface area contributed by atoms with Gasteiger partial charge in [-0.3, -0.25) is 9.69 Å². The summed E-state index contributed by atoms with van der Waals surface area (Å²) in [6.45, 7) is 2.06. The van der Waals surface area contributed by atoms with Crippen molar-refractivity contribution in [3.8, 4) is 11.1 Å². The topological polar surface area (TPSA) is 70.2 Å². The molecule has 5 rings (SSSR count). The highest BCUT2D eigenvalue weighted by molar-refractivity contribution is 7.17. The van der Waals surface area contributed by atoms with Gasteiger partial charge in [0.1, 0.15) is 22.8 Å². The molecule has 33 heavy (non-hydrogen) atoms. The van der Waals surface area contributed by atoms with Crippen LogP contribution >= 0.6 is 11.3 Å². The normalized spacial score (nSPS) is 14.9. The van der Waals surface area contributed by atoms with Gasteiger partial charge in [0.05, 0.1) is 11.9 Å². The number of hydrogen-bond donors (Lipinski definition) is 2. The molecule has 6 nitrogen and oxygen atoms in total. The van der Waals surface area contributed by atoms with Crippen molar-refractivity contribution in [1.29, 1.82) is 0 Å². The number of piperidine rings is 1. The van der Waals surface area contributed by atoms with Gasteiger partial charge in [0.2, 0.25) is 5.91 Å². The van der Waals surface area contributed by atoms with Crippen LogP contribution in [-0.2, 0) is 4.79 Å². The van der Waals surface area contributed by atoms with E-state index in [0.717, 1.165) is 58.8 Å². The fourth-order valence-corrected chi connectivity index (χ4v) is 5.10. The quantitative estimate of drug-likeness (QED) is 0.422. The van der Waals surface area contributed by atoms with E-state index in [0.29, 0.717) is 6.54 Å². The van der Waals surface area contributed by atoms with Crippen LogP contribution in [0.5, 0.6) is 0 Å². The van der Waals surface area contributed by atoms with E-state index in [2.05, 4.69) is 25.5 Å². The summed E-state index contributed by atoms with van der Waals surface area (Å²) in [5.41, 5.74) is 2.77. The van der Waals surface area contributed by atoms with Crippen molar-refractivity contribution in [2.45, 2.75) is 18.9 Å². The first-order valence-electron chi connectivity index (χ1n) is 11.0. The van der Waals surface area contributed by atoms with Crippen LogP contribution in [0.4, 0.5) is 15.9 Å². The first-order chi connectivity index (χ1) is 16.2. The molecule has 0 saturated carbocycles. The van der Waals surface area contributed by atoms with Gasteiger partial charge in [-0.15, -0.1) is 11.3 Å². The molecule has 0 spiro atoms. The molecule has 1 amide bonds. The number of aromatic nitrogens is 2. The molecule has 0 unspecified atom stereocenters. The molecule has 1 saturated heterocycles. The summed E-state index contributed by atoms with van der Waals surface area (Å²) in [6.07, 6.45) is 3.42. The first kappa shape index (κ1) is 21.5. The van der Waals surface area contributed by atoms with E-state index in [4.69, 9.17) is 0 Å². The number of likely N-dealkylation sites (tertiary alicyclic amines) is 1.